The zero-order chi connectivity index (χ0) is 40.6. The fraction of sp³-hybridized carbons (Fsp3) is 0.591. The Bertz CT molecular complexity index is 1900. The van der Waals surface area contributed by atoms with Crippen LogP contribution >= 0.6 is 0 Å². The predicted octanol–water partition coefficient (Wildman–Crippen LogP) is 13.2. The van der Waals surface area contributed by atoms with Crippen molar-refractivity contribution in [1.82, 2.24) is 0 Å². The molecular weight excluding hydrogens is 746 g/mol. The van der Waals surface area contributed by atoms with E-state index in [1.165, 1.54) is 6.07 Å². The summed E-state index contributed by atoms with van der Waals surface area (Å²) < 4.78 is 103. The van der Waals surface area contributed by atoms with Crippen LogP contribution in [-0.2, 0) is 10.1 Å². The van der Waals surface area contributed by atoms with Gasteiger partial charge in [0, 0.05) is 0 Å². The molecule has 0 saturated carbocycles. The number of rotatable bonds is 27. The van der Waals surface area contributed by atoms with Crippen molar-refractivity contribution < 1.29 is 49.5 Å². The van der Waals surface area contributed by atoms with Gasteiger partial charge in [-0.3, -0.25) is 0 Å². The Morgan fingerprint density at radius 2 is 0.607 bits per heavy atom. The van der Waals surface area contributed by atoms with Gasteiger partial charge in [0.2, 0.25) is 0 Å². The van der Waals surface area contributed by atoms with Crippen molar-refractivity contribution in [3.63, 3.8) is 0 Å². The number of hydrogen-bond acceptors (Lipinski definition) is 8. The molecular formula is C44H61F3O8S. The molecule has 0 bridgehead atoms. The summed E-state index contributed by atoms with van der Waals surface area (Å²) in [6, 6.07) is 10.5. The molecule has 0 aliphatic carbocycles. The molecule has 0 saturated heterocycles. The second-order valence-electron chi connectivity index (χ2n) is 14.3. The van der Waals surface area contributed by atoms with Gasteiger partial charge in [0.25, 0.3) is 0 Å². The highest BCUT2D eigenvalue weighted by molar-refractivity contribution is 7.88. The summed E-state index contributed by atoms with van der Waals surface area (Å²) in [6.45, 7) is 12.6. The zero-order valence-electron chi connectivity index (χ0n) is 33.9. The second-order valence-corrected chi connectivity index (χ2v) is 15.8. The topological polar surface area (TPSA) is 89.5 Å². The first-order chi connectivity index (χ1) is 27.0. The predicted molar refractivity (Wildman–Crippen MR) is 220 cm³/mol. The summed E-state index contributed by atoms with van der Waals surface area (Å²) in [5.41, 5.74) is -5.64. The summed E-state index contributed by atoms with van der Waals surface area (Å²) in [5.74, 6) is 1.50. The van der Waals surface area contributed by atoms with Crippen molar-refractivity contribution in [2.45, 2.75) is 136 Å². The summed E-state index contributed by atoms with van der Waals surface area (Å²) in [7, 11) is -6.02. The maximum atomic E-state index is 13.8. The van der Waals surface area contributed by atoms with Crippen molar-refractivity contribution >= 4 is 42.4 Å². The van der Waals surface area contributed by atoms with Gasteiger partial charge in [-0.15, -0.1) is 0 Å². The van der Waals surface area contributed by atoms with Crippen LogP contribution in [0.3, 0.4) is 0 Å². The lowest BCUT2D eigenvalue weighted by molar-refractivity contribution is -0.0500. The maximum absolute atomic E-state index is 13.8. The van der Waals surface area contributed by atoms with E-state index < -0.39 is 21.4 Å². The van der Waals surface area contributed by atoms with E-state index in [0.717, 1.165) is 106 Å². The smallest absolute Gasteiger partial charge is 0.490 e. The van der Waals surface area contributed by atoms with Crippen molar-refractivity contribution in [2.75, 3.05) is 33.0 Å². The van der Waals surface area contributed by atoms with Gasteiger partial charge in [-0.05, 0) is 101 Å². The first-order valence-corrected chi connectivity index (χ1v) is 22.1. The van der Waals surface area contributed by atoms with Gasteiger partial charge in [0.1, 0.15) is 0 Å². The minimum Gasteiger partial charge on any atom is -0.490 e. The molecule has 0 heterocycles. The standard InChI is InChI=1S/C44H61F3O8S/c1-6-11-16-21-50-38-26-32-33-27-39(51-22-17-12-7-2)41(53-24-19-14-9-4)29-35(33)37-31-43(55-56(48,49)44(45,46)47)42(54-25-20-15-10-5)30-36(37)34(32)28-40(38)52-23-18-13-8-3/h26-31H,6-25H2,1-5H3. The molecule has 56 heavy (non-hydrogen) atoms. The third-order valence-corrected chi connectivity index (χ3v) is 10.6. The summed E-state index contributed by atoms with van der Waals surface area (Å²) >= 11 is 0. The molecule has 0 amide bonds. The molecule has 0 unspecified atom stereocenters. The lowest BCUT2D eigenvalue weighted by atomic mass is 9.93. The maximum Gasteiger partial charge on any atom is 0.534 e. The molecule has 12 heteroatoms. The molecule has 312 valence electrons. The van der Waals surface area contributed by atoms with E-state index >= 15 is 0 Å². The number of alkyl halides is 3. The van der Waals surface area contributed by atoms with E-state index in [2.05, 4.69) is 27.7 Å². The molecule has 0 spiro atoms. The highest BCUT2D eigenvalue weighted by Crippen LogP contribution is 2.48. The number of benzene rings is 4. The van der Waals surface area contributed by atoms with E-state index in [4.69, 9.17) is 27.9 Å². The van der Waals surface area contributed by atoms with Gasteiger partial charge in [0.05, 0.1) is 33.0 Å². The highest BCUT2D eigenvalue weighted by atomic mass is 32.2. The minimum atomic E-state index is -6.02. The Morgan fingerprint density at radius 3 is 0.821 bits per heavy atom. The largest absolute Gasteiger partial charge is 0.534 e. The van der Waals surface area contributed by atoms with Crippen LogP contribution in [0, 0.1) is 0 Å². The minimum absolute atomic E-state index is 0.112. The van der Waals surface area contributed by atoms with E-state index in [-0.39, 0.29) is 12.4 Å². The second kappa shape index (κ2) is 22.2. The van der Waals surface area contributed by atoms with Gasteiger partial charge in [-0.25, -0.2) is 0 Å². The highest BCUT2D eigenvalue weighted by Gasteiger charge is 2.49. The molecule has 8 nitrogen and oxygen atoms in total. The molecule has 0 atom stereocenters. The van der Waals surface area contributed by atoms with Gasteiger partial charge in [0.15, 0.2) is 34.5 Å². The molecule has 0 radical (unpaired) electrons. The Balaban J connectivity index is 2.08. The van der Waals surface area contributed by atoms with E-state index in [0.29, 0.717) is 72.0 Å². The molecule has 4 aromatic rings. The molecule has 0 N–H and O–H groups in total. The van der Waals surface area contributed by atoms with E-state index in [9.17, 15) is 21.6 Å². The fourth-order valence-corrected chi connectivity index (χ4v) is 6.94. The molecule has 0 aliphatic heterocycles. The lowest BCUT2D eigenvalue weighted by Crippen LogP contribution is -2.28. The molecule has 0 fully saturated rings. The Morgan fingerprint density at radius 1 is 0.393 bits per heavy atom. The molecule has 4 rings (SSSR count). The number of halogens is 3. The first-order valence-electron chi connectivity index (χ1n) is 20.7. The van der Waals surface area contributed by atoms with Crippen molar-refractivity contribution in [2.24, 2.45) is 0 Å². The van der Waals surface area contributed by atoms with Gasteiger partial charge >= 0.3 is 15.6 Å². The number of unbranched alkanes of at least 4 members (excludes halogenated alkanes) is 10. The fourth-order valence-electron chi connectivity index (χ4n) is 6.48. The lowest BCUT2D eigenvalue weighted by Gasteiger charge is -2.20. The normalized spacial score (nSPS) is 12.1. The summed E-state index contributed by atoms with van der Waals surface area (Å²) in [5, 5.41) is 3.90. The van der Waals surface area contributed by atoms with Crippen LogP contribution in [0.4, 0.5) is 13.2 Å². The average Bonchev–Trinajstić information content (AvgIpc) is 3.17. The van der Waals surface area contributed by atoms with E-state index in [1.54, 1.807) is 6.07 Å². The third-order valence-electron chi connectivity index (χ3n) is 9.63. The van der Waals surface area contributed by atoms with Crippen LogP contribution in [0.25, 0.3) is 32.3 Å². The Kier molecular flexibility index (Phi) is 17.8. The van der Waals surface area contributed by atoms with Crippen LogP contribution in [0.15, 0.2) is 36.4 Å². The Labute approximate surface area is 331 Å². The summed E-state index contributed by atoms with van der Waals surface area (Å²) in [4.78, 5) is 0. The molecule has 0 aromatic heterocycles. The zero-order valence-corrected chi connectivity index (χ0v) is 34.7. The number of fused-ring (bicyclic) bond motifs is 6. The monoisotopic (exact) mass is 806 g/mol. The molecule has 0 aliphatic rings. The Hall–Kier alpha value is -3.80. The van der Waals surface area contributed by atoms with Crippen LogP contribution in [0.1, 0.15) is 131 Å². The van der Waals surface area contributed by atoms with Crippen molar-refractivity contribution in [3.8, 4) is 34.5 Å². The van der Waals surface area contributed by atoms with Gasteiger partial charge < -0.3 is 27.9 Å². The molecule has 4 aromatic carbocycles. The van der Waals surface area contributed by atoms with Crippen molar-refractivity contribution in [1.29, 1.82) is 0 Å². The summed E-state index contributed by atoms with van der Waals surface area (Å²) in [6.07, 6.45) is 13.8. The van der Waals surface area contributed by atoms with Crippen molar-refractivity contribution in [3.05, 3.63) is 36.4 Å². The quantitative estimate of drug-likeness (QED) is 0.0255. The first kappa shape index (κ1) is 44.9. The third kappa shape index (κ3) is 12.1. The van der Waals surface area contributed by atoms with Gasteiger partial charge in [-0.1, -0.05) is 98.8 Å². The average molecular weight is 807 g/mol. The van der Waals surface area contributed by atoms with Crippen LogP contribution in [-0.4, -0.2) is 47.0 Å². The van der Waals surface area contributed by atoms with Crippen LogP contribution in [0.2, 0.25) is 0 Å². The SMILES string of the molecule is CCCCCOc1cc2c3cc(OCCCCC)c(OCCCCC)cc3c3cc(OS(=O)(=O)C(F)(F)F)c(OCCCCC)cc3c2cc1OCCCCC. The van der Waals surface area contributed by atoms with E-state index in [1.807, 2.05) is 31.2 Å². The number of hydrogen-bond donors (Lipinski definition) is 0. The van der Waals surface area contributed by atoms with Crippen LogP contribution in [0.5, 0.6) is 34.5 Å². The van der Waals surface area contributed by atoms with Gasteiger partial charge in [-0.2, -0.15) is 21.6 Å². The number of ether oxygens (including phenoxy) is 5. The van der Waals surface area contributed by atoms with Crippen LogP contribution < -0.4 is 27.9 Å².